The summed E-state index contributed by atoms with van der Waals surface area (Å²) in [7, 11) is 0. The van der Waals surface area contributed by atoms with Gasteiger partial charge >= 0.3 is 5.97 Å². The van der Waals surface area contributed by atoms with Gasteiger partial charge in [-0.3, -0.25) is 0 Å². The number of carbonyl (C=O) groups excluding carboxylic acids is 1. The second kappa shape index (κ2) is 15.9. The van der Waals surface area contributed by atoms with Crippen molar-refractivity contribution in [2.24, 2.45) is 0 Å². The lowest BCUT2D eigenvalue weighted by atomic mass is 10.0. The third kappa shape index (κ3) is 11.3. The molecule has 0 bridgehead atoms. The molecule has 1 unspecified atom stereocenters. The smallest absolute Gasteiger partial charge is 0.338 e. The van der Waals surface area contributed by atoms with Crippen LogP contribution in [0.4, 0.5) is 0 Å². The predicted molar refractivity (Wildman–Crippen MR) is 112 cm³/mol. The fraction of sp³-hybridized carbons (Fsp3) is 0.708. The molecule has 1 atom stereocenters. The molecule has 0 heterocycles. The van der Waals surface area contributed by atoms with Crippen LogP contribution in [0.3, 0.4) is 0 Å². The molecule has 2 nitrogen and oxygen atoms in total. The Morgan fingerprint density at radius 3 is 1.81 bits per heavy atom. The molecule has 0 saturated carbocycles. The van der Waals surface area contributed by atoms with Crippen LogP contribution >= 0.6 is 0 Å². The van der Waals surface area contributed by atoms with Gasteiger partial charge in [-0.05, 0) is 31.4 Å². The maximum atomic E-state index is 12.2. The summed E-state index contributed by atoms with van der Waals surface area (Å²) in [6, 6.07) is 9.34. The Labute approximate surface area is 161 Å². The Bertz CT molecular complexity index is 441. The van der Waals surface area contributed by atoms with Crippen molar-refractivity contribution in [3.05, 3.63) is 35.9 Å². The summed E-state index contributed by atoms with van der Waals surface area (Å²) in [6.07, 6.45) is 18.0. The highest BCUT2D eigenvalue weighted by molar-refractivity contribution is 5.89. The summed E-state index contributed by atoms with van der Waals surface area (Å²) in [5.74, 6) is -0.174. The SMILES string of the molecule is CCCCCCCCCCCCCC(CCC)OC(=O)c1ccccc1. The largest absolute Gasteiger partial charge is 0.459 e. The molecule has 2 heteroatoms. The third-order valence-electron chi connectivity index (χ3n) is 5.02. The van der Waals surface area contributed by atoms with Crippen molar-refractivity contribution >= 4 is 5.97 Å². The zero-order valence-corrected chi connectivity index (χ0v) is 17.2. The first kappa shape index (κ1) is 22.7. The highest BCUT2D eigenvalue weighted by atomic mass is 16.5. The highest BCUT2D eigenvalue weighted by Crippen LogP contribution is 2.16. The van der Waals surface area contributed by atoms with Gasteiger partial charge in [-0.2, -0.15) is 0 Å². The second-order valence-corrected chi connectivity index (χ2v) is 7.51. The Hall–Kier alpha value is -1.31. The van der Waals surface area contributed by atoms with Gasteiger partial charge in [-0.25, -0.2) is 4.79 Å². The molecule has 0 saturated heterocycles. The molecule has 0 spiro atoms. The monoisotopic (exact) mass is 360 g/mol. The molecular weight excluding hydrogens is 320 g/mol. The Balaban J connectivity index is 2.08. The first-order valence-electron chi connectivity index (χ1n) is 11.0. The average molecular weight is 361 g/mol. The third-order valence-corrected chi connectivity index (χ3v) is 5.02. The van der Waals surface area contributed by atoms with Crippen LogP contribution in [0.15, 0.2) is 30.3 Å². The van der Waals surface area contributed by atoms with Gasteiger partial charge in [0.25, 0.3) is 0 Å². The molecule has 0 aliphatic heterocycles. The van der Waals surface area contributed by atoms with E-state index in [0.29, 0.717) is 5.56 Å². The summed E-state index contributed by atoms with van der Waals surface area (Å²) in [4.78, 5) is 12.2. The zero-order chi connectivity index (χ0) is 18.9. The van der Waals surface area contributed by atoms with E-state index in [4.69, 9.17) is 4.74 Å². The number of rotatable bonds is 16. The minimum absolute atomic E-state index is 0.0753. The number of ether oxygens (including phenoxy) is 1. The maximum absolute atomic E-state index is 12.2. The van der Waals surface area contributed by atoms with E-state index in [0.717, 1.165) is 19.3 Å². The molecule has 0 fully saturated rings. The lowest BCUT2D eigenvalue weighted by Crippen LogP contribution is -2.18. The standard InChI is InChI=1S/C24H40O2/c1-3-5-6-7-8-9-10-11-12-13-17-21-23(18-4-2)26-24(25)22-19-15-14-16-20-22/h14-16,19-20,23H,3-13,17-18,21H2,1-2H3. The Morgan fingerprint density at radius 2 is 1.27 bits per heavy atom. The van der Waals surface area contributed by atoms with Gasteiger partial charge < -0.3 is 4.74 Å². The highest BCUT2D eigenvalue weighted by Gasteiger charge is 2.14. The summed E-state index contributed by atoms with van der Waals surface area (Å²) in [6.45, 7) is 4.43. The molecule has 0 N–H and O–H groups in total. The first-order valence-corrected chi connectivity index (χ1v) is 11.0. The summed E-state index contributed by atoms with van der Waals surface area (Å²) >= 11 is 0. The van der Waals surface area contributed by atoms with E-state index in [-0.39, 0.29) is 12.1 Å². The van der Waals surface area contributed by atoms with Crippen LogP contribution in [-0.2, 0) is 4.74 Å². The summed E-state index contributed by atoms with van der Waals surface area (Å²) in [5.41, 5.74) is 0.660. The minimum Gasteiger partial charge on any atom is -0.459 e. The molecule has 26 heavy (non-hydrogen) atoms. The van der Waals surface area contributed by atoms with Crippen LogP contribution in [0.2, 0.25) is 0 Å². The Kier molecular flexibility index (Phi) is 13.9. The molecular formula is C24H40O2. The van der Waals surface area contributed by atoms with E-state index in [2.05, 4.69) is 13.8 Å². The number of esters is 1. The van der Waals surface area contributed by atoms with Gasteiger partial charge in [-0.15, -0.1) is 0 Å². The van der Waals surface area contributed by atoms with Crippen LogP contribution in [0.1, 0.15) is 114 Å². The zero-order valence-electron chi connectivity index (χ0n) is 17.2. The number of benzene rings is 1. The fourth-order valence-electron chi connectivity index (χ4n) is 3.41. The molecule has 1 aromatic rings. The van der Waals surface area contributed by atoms with Crippen molar-refractivity contribution in [3.8, 4) is 0 Å². The van der Waals surface area contributed by atoms with E-state index in [1.165, 1.54) is 70.6 Å². The van der Waals surface area contributed by atoms with E-state index in [1.54, 1.807) is 0 Å². The summed E-state index contributed by atoms with van der Waals surface area (Å²) in [5, 5.41) is 0. The second-order valence-electron chi connectivity index (χ2n) is 7.51. The average Bonchev–Trinajstić information content (AvgIpc) is 2.66. The lowest BCUT2D eigenvalue weighted by molar-refractivity contribution is 0.0253. The first-order chi connectivity index (χ1) is 12.8. The molecule has 148 valence electrons. The van der Waals surface area contributed by atoms with Crippen molar-refractivity contribution in [2.45, 2.75) is 110 Å². The van der Waals surface area contributed by atoms with Gasteiger partial charge in [0.1, 0.15) is 6.10 Å². The number of hydrogen-bond acceptors (Lipinski definition) is 2. The van der Waals surface area contributed by atoms with Crippen LogP contribution in [0.25, 0.3) is 0 Å². The van der Waals surface area contributed by atoms with Crippen molar-refractivity contribution in [2.75, 3.05) is 0 Å². The molecule has 0 aliphatic carbocycles. The van der Waals surface area contributed by atoms with E-state index in [9.17, 15) is 4.79 Å². The van der Waals surface area contributed by atoms with Crippen molar-refractivity contribution in [1.29, 1.82) is 0 Å². The normalized spacial score (nSPS) is 12.1. The van der Waals surface area contributed by atoms with Gasteiger partial charge in [0.05, 0.1) is 5.56 Å². The van der Waals surface area contributed by atoms with Crippen molar-refractivity contribution < 1.29 is 9.53 Å². The number of unbranched alkanes of at least 4 members (excludes halogenated alkanes) is 10. The number of hydrogen-bond donors (Lipinski definition) is 0. The number of carbonyl (C=O) groups is 1. The van der Waals surface area contributed by atoms with E-state index < -0.39 is 0 Å². The quantitative estimate of drug-likeness (QED) is 0.223. The van der Waals surface area contributed by atoms with Gasteiger partial charge in [0, 0.05) is 0 Å². The topological polar surface area (TPSA) is 26.3 Å². The minimum atomic E-state index is -0.174. The fourth-order valence-corrected chi connectivity index (χ4v) is 3.41. The van der Waals surface area contributed by atoms with Gasteiger partial charge in [-0.1, -0.05) is 103 Å². The lowest BCUT2D eigenvalue weighted by Gasteiger charge is -2.17. The molecule has 0 amide bonds. The van der Waals surface area contributed by atoms with E-state index in [1.807, 2.05) is 30.3 Å². The predicted octanol–water partition coefficient (Wildman–Crippen LogP) is 7.71. The van der Waals surface area contributed by atoms with Gasteiger partial charge in [0.2, 0.25) is 0 Å². The van der Waals surface area contributed by atoms with Gasteiger partial charge in [0.15, 0.2) is 0 Å². The Morgan fingerprint density at radius 1 is 0.731 bits per heavy atom. The van der Waals surface area contributed by atoms with Crippen LogP contribution < -0.4 is 0 Å². The molecule has 0 aromatic heterocycles. The molecule has 1 aromatic carbocycles. The molecule has 1 rings (SSSR count). The van der Waals surface area contributed by atoms with Crippen LogP contribution in [0.5, 0.6) is 0 Å². The van der Waals surface area contributed by atoms with Crippen molar-refractivity contribution in [3.63, 3.8) is 0 Å². The summed E-state index contributed by atoms with van der Waals surface area (Å²) < 4.78 is 5.73. The maximum Gasteiger partial charge on any atom is 0.338 e. The van der Waals surface area contributed by atoms with E-state index >= 15 is 0 Å². The molecule has 0 radical (unpaired) electrons. The van der Waals surface area contributed by atoms with Crippen LogP contribution in [0, 0.1) is 0 Å². The van der Waals surface area contributed by atoms with Crippen molar-refractivity contribution in [1.82, 2.24) is 0 Å². The van der Waals surface area contributed by atoms with Crippen LogP contribution in [-0.4, -0.2) is 12.1 Å². The molecule has 0 aliphatic rings.